The molecule has 0 aromatic carbocycles. The van der Waals surface area contributed by atoms with E-state index in [2.05, 4.69) is 7.44 Å². The first kappa shape index (κ1) is 13.5. The fraction of sp³-hybridized carbons (Fsp3) is 1.00. The summed E-state index contributed by atoms with van der Waals surface area (Å²) in [6.45, 7) is 1.85. The standard InChI is InChI=1S/2C2H7N2.Au.3ClH/c2*3-1-2-4;;;;/h2*3H,1-2,4H2;;3*1H/q2*-1;+5;;;/p-3. The van der Waals surface area contributed by atoms with Gasteiger partial charge in [-0.05, 0) is 0 Å². The van der Waals surface area contributed by atoms with Gasteiger partial charge in [0.25, 0.3) is 0 Å². The molecule has 0 aliphatic rings. The fourth-order valence-electron chi connectivity index (χ4n) is 0.371. The summed E-state index contributed by atoms with van der Waals surface area (Å²) in [7, 11) is 17.8. The van der Waals surface area contributed by atoms with E-state index in [1.807, 2.05) is 0 Å². The summed E-state index contributed by atoms with van der Waals surface area (Å²) in [4.78, 5) is 0. The third-order valence-corrected chi connectivity index (χ3v) is 8.33. The Hall–Kier alpha value is 1.45. The van der Waals surface area contributed by atoms with Gasteiger partial charge in [-0.2, -0.15) is 0 Å². The quantitative estimate of drug-likeness (QED) is 0.458. The molecule has 0 saturated heterocycles. The zero-order valence-corrected chi connectivity index (χ0v) is 10.9. The predicted molar refractivity (Wildman–Crippen MR) is 51.7 cm³/mol. The first-order chi connectivity index (χ1) is 5.39. The molecule has 0 aliphatic carbocycles. The number of hydrogen-bond acceptors (Lipinski definition) is 4. The Labute approximate surface area is 85.3 Å². The molecule has 0 heterocycles. The van der Waals surface area contributed by atoms with Gasteiger partial charge in [-0.1, -0.05) is 0 Å². The van der Waals surface area contributed by atoms with Crippen LogP contribution in [0.15, 0.2) is 0 Å². The third kappa shape index (κ3) is 6.91. The van der Waals surface area contributed by atoms with E-state index >= 15 is 0 Å². The Morgan fingerprint density at radius 2 is 1.25 bits per heavy atom. The van der Waals surface area contributed by atoms with Crippen molar-refractivity contribution in [3.05, 3.63) is 0 Å². The van der Waals surface area contributed by atoms with Gasteiger partial charge in [0.1, 0.15) is 0 Å². The van der Waals surface area contributed by atoms with Gasteiger partial charge in [0, 0.05) is 0 Å². The van der Waals surface area contributed by atoms with Crippen LogP contribution in [0.3, 0.4) is 0 Å². The van der Waals surface area contributed by atoms with Crippen LogP contribution in [-0.2, 0) is 13.1 Å². The summed E-state index contributed by atoms with van der Waals surface area (Å²) in [5.74, 6) is 0. The van der Waals surface area contributed by atoms with Gasteiger partial charge in [-0.15, -0.1) is 0 Å². The van der Waals surface area contributed by atoms with Gasteiger partial charge in [0.05, 0.1) is 0 Å². The van der Waals surface area contributed by atoms with Crippen molar-refractivity contribution in [1.82, 2.24) is 7.44 Å². The number of rotatable bonds is 6. The number of halogens is 3. The van der Waals surface area contributed by atoms with Crippen molar-refractivity contribution in [2.24, 2.45) is 11.5 Å². The Morgan fingerprint density at radius 1 is 0.917 bits per heavy atom. The fourth-order valence-corrected chi connectivity index (χ4v) is 5.84. The van der Waals surface area contributed by atoms with E-state index in [0.29, 0.717) is 26.2 Å². The SMILES string of the molecule is NCC[NH][Au]([Cl])([Cl])([Cl])[NH]CCN. The molecule has 6 N–H and O–H groups in total. The maximum absolute atomic E-state index is 5.93. The first-order valence-corrected chi connectivity index (χ1v) is 13.4. The van der Waals surface area contributed by atoms with E-state index in [9.17, 15) is 0 Å². The molecular formula is C4H14AuCl3N4. The minimum absolute atomic E-state index is 0.437. The second kappa shape index (κ2) is 5.36. The summed E-state index contributed by atoms with van der Waals surface area (Å²) >= 11 is -3.98. The zero-order chi connectivity index (χ0) is 9.69. The molecule has 0 unspecified atom stereocenters. The summed E-state index contributed by atoms with van der Waals surface area (Å²) < 4.78 is 5.61. The second-order valence-corrected chi connectivity index (χ2v) is 21.4. The van der Waals surface area contributed by atoms with Crippen LogP contribution in [0.5, 0.6) is 0 Å². The molecule has 4 nitrogen and oxygen atoms in total. The molecule has 0 spiro atoms. The summed E-state index contributed by atoms with van der Waals surface area (Å²) in [6.07, 6.45) is 0. The van der Waals surface area contributed by atoms with Crippen molar-refractivity contribution in [1.29, 1.82) is 0 Å². The van der Waals surface area contributed by atoms with Gasteiger partial charge in [0.2, 0.25) is 0 Å². The summed E-state index contributed by atoms with van der Waals surface area (Å²) in [6, 6.07) is 0. The predicted octanol–water partition coefficient (Wildman–Crippen LogP) is 0.0640. The summed E-state index contributed by atoms with van der Waals surface area (Å²) in [5.41, 5.74) is 10.5. The molecule has 82 valence electrons. The van der Waals surface area contributed by atoms with Crippen LogP contribution in [0, 0.1) is 0 Å². The topological polar surface area (TPSA) is 76.1 Å². The second-order valence-electron chi connectivity index (χ2n) is 1.84. The normalized spacial score (nSPS) is 15.6. The van der Waals surface area contributed by atoms with Crippen LogP contribution in [0.4, 0.5) is 0 Å². The Bertz CT molecular complexity index is 124. The summed E-state index contributed by atoms with van der Waals surface area (Å²) in [5, 5.41) is 0. The van der Waals surface area contributed by atoms with Crippen LogP contribution in [0.1, 0.15) is 0 Å². The molecule has 0 fully saturated rings. The molecule has 0 bridgehead atoms. The van der Waals surface area contributed by atoms with Gasteiger partial charge in [0.15, 0.2) is 0 Å². The molecular weight excluding hydrogens is 407 g/mol. The van der Waals surface area contributed by atoms with Crippen LogP contribution >= 0.6 is 27.6 Å². The molecule has 0 rings (SSSR count). The molecule has 0 saturated carbocycles. The van der Waals surface area contributed by atoms with Gasteiger partial charge >= 0.3 is 85.8 Å². The van der Waals surface area contributed by atoms with E-state index in [-0.39, 0.29) is 0 Å². The molecule has 0 atom stereocenters. The molecule has 0 radical (unpaired) electrons. The average molecular weight is 422 g/mol. The van der Waals surface area contributed by atoms with Crippen molar-refractivity contribution < 1.29 is 13.1 Å². The zero-order valence-electron chi connectivity index (χ0n) is 6.42. The van der Waals surface area contributed by atoms with Gasteiger partial charge < -0.3 is 0 Å². The van der Waals surface area contributed by atoms with Crippen LogP contribution < -0.4 is 18.9 Å². The first-order valence-electron chi connectivity index (χ1n) is 3.17. The number of hydrogen-bond donors (Lipinski definition) is 4. The van der Waals surface area contributed by atoms with Crippen LogP contribution in [0.25, 0.3) is 0 Å². The van der Waals surface area contributed by atoms with Gasteiger partial charge in [-0.25, -0.2) is 0 Å². The van der Waals surface area contributed by atoms with E-state index in [0.717, 1.165) is 0 Å². The van der Waals surface area contributed by atoms with E-state index in [1.165, 1.54) is 0 Å². The molecule has 0 amide bonds. The Morgan fingerprint density at radius 3 is 1.50 bits per heavy atom. The van der Waals surface area contributed by atoms with Crippen molar-refractivity contribution in [3.8, 4) is 0 Å². The average Bonchev–Trinajstić information content (AvgIpc) is 1.97. The molecule has 8 heteroatoms. The Kier molecular flexibility index (Phi) is 6.01. The van der Waals surface area contributed by atoms with Crippen LogP contribution in [0.2, 0.25) is 0 Å². The van der Waals surface area contributed by atoms with Crippen molar-refractivity contribution in [2.75, 3.05) is 26.2 Å². The Balaban J connectivity index is 3.90. The molecule has 0 aromatic rings. The molecule has 12 heavy (non-hydrogen) atoms. The van der Waals surface area contributed by atoms with Gasteiger partial charge in [-0.3, -0.25) is 0 Å². The van der Waals surface area contributed by atoms with E-state index in [4.69, 9.17) is 39.0 Å². The van der Waals surface area contributed by atoms with Crippen molar-refractivity contribution in [3.63, 3.8) is 0 Å². The van der Waals surface area contributed by atoms with E-state index in [1.54, 1.807) is 0 Å². The monoisotopic (exact) mass is 420 g/mol. The number of nitrogens with one attached hydrogen (secondary N) is 2. The molecule has 0 aliphatic heterocycles. The van der Waals surface area contributed by atoms with E-state index < -0.39 is 13.1 Å². The third-order valence-electron chi connectivity index (χ3n) is 0.788. The number of nitrogens with two attached hydrogens (primary N) is 2. The van der Waals surface area contributed by atoms with Crippen molar-refractivity contribution >= 4 is 27.6 Å². The van der Waals surface area contributed by atoms with Crippen LogP contribution in [-0.4, -0.2) is 26.2 Å². The maximum atomic E-state index is 5.93. The van der Waals surface area contributed by atoms with Crippen molar-refractivity contribution in [2.45, 2.75) is 0 Å². The molecule has 0 aromatic heterocycles. The minimum atomic E-state index is -3.98.